The molecule has 0 aliphatic heterocycles. The summed E-state index contributed by atoms with van der Waals surface area (Å²) >= 11 is 12.4. The van der Waals surface area contributed by atoms with Gasteiger partial charge in [-0.1, -0.05) is 47.5 Å². The molecule has 9 nitrogen and oxygen atoms in total. The Hall–Kier alpha value is -2.88. The fourth-order valence-corrected chi connectivity index (χ4v) is 3.65. The van der Waals surface area contributed by atoms with E-state index in [1.165, 1.54) is 21.8 Å². The Morgan fingerprint density at radius 3 is 1.59 bits per heavy atom. The number of hydrogen-bond donors (Lipinski definition) is 0. The van der Waals surface area contributed by atoms with Crippen LogP contribution in [-0.2, 0) is 29.0 Å². The molecule has 0 amide bonds. The third-order valence-corrected chi connectivity index (χ3v) is 5.91. The van der Waals surface area contributed by atoms with Gasteiger partial charge in [-0.05, 0) is 52.7 Å². The van der Waals surface area contributed by atoms with Gasteiger partial charge in [0.25, 0.3) is 11.1 Å². The van der Waals surface area contributed by atoms with E-state index >= 15 is 0 Å². The molecule has 0 N–H and O–H groups in total. The third-order valence-electron chi connectivity index (χ3n) is 5.22. The van der Waals surface area contributed by atoms with Gasteiger partial charge in [0.15, 0.2) is 21.5 Å². The van der Waals surface area contributed by atoms with Gasteiger partial charge in [0.05, 0.1) is 36.7 Å². The molecule has 2 heterocycles. The van der Waals surface area contributed by atoms with Crippen molar-refractivity contribution < 1.29 is 14.2 Å². The lowest BCUT2D eigenvalue weighted by Crippen LogP contribution is -2.36. The van der Waals surface area contributed by atoms with Crippen molar-refractivity contribution in [3.05, 3.63) is 78.5 Å². The summed E-state index contributed by atoms with van der Waals surface area (Å²) in [6.07, 6.45) is 2.90. The van der Waals surface area contributed by atoms with E-state index in [9.17, 15) is 9.59 Å². The van der Waals surface area contributed by atoms with E-state index in [1.807, 2.05) is 65.8 Å². The predicted octanol–water partition coefficient (Wildman–Crippen LogP) is 4.79. The molecule has 0 spiro atoms. The fourth-order valence-electron chi connectivity index (χ4n) is 3.29. The van der Waals surface area contributed by atoms with E-state index in [2.05, 4.69) is 10.2 Å². The Labute approximate surface area is 225 Å². The quantitative estimate of drug-likeness (QED) is 0.353. The van der Waals surface area contributed by atoms with Crippen LogP contribution in [0.5, 0.6) is 11.5 Å². The minimum atomic E-state index is -0.481. The molecular weight excluding hydrogens is 519 g/mol. The second-order valence-electron chi connectivity index (χ2n) is 10.4. The average molecular weight is 551 g/mol. The molecule has 0 saturated heterocycles. The Balaban J connectivity index is 1.46. The summed E-state index contributed by atoms with van der Waals surface area (Å²) in [7, 11) is 0. The van der Waals surface area contributed by atoms with Crippen LogP contribution in [0.25, 0.3) is 0 Å². The van der Waals surface area contributed by atoms with Crippen LogP contribution >= 0.6 is 23.2 Å². The number of benzene rings is 1. The summed E-state index contributed by atoms with van der Waals surface area (Å²) in [6.45, 7) is 12.4. The lowest BCUT2D eigenvalue weighted by molar-refractivity contribution is 0.0885. The maximum atomic E-state index is 12.4. The summed E-state index contributed by atoms with van der Waals surface area (Å²) in [4.78, 5) is 24.8. The van der Waals surface area contributed by atoms with Gasteiger partial charge in [-0.15, -0.1) is 0 Å². The van der Waals surface area contributed by atoms with Gasteiger partial charge in [-0.2, -0.15) is 10.2 Å². The molecule has 0 radical (unpaired) electrons. The summed E-state index contributed by atoms with van der Waals surface area (Å²) in [6, 6.07) is 7.65. The number of halogens is 2. The van der Waals surface area contributed by atoms with Gasteiger partial charge in [-0.3, -0.25) is 9.59 Å². The molecule has 0 aliphatic carbocycles. The van der Waals surface area contributed by atoms with Crippen molar-refractivity contribution in [1.29, 1.82) is 0 Å². The predicted molar refractivity (Wildman–Crippen MR) is 143 cm³/mol. The van der Waals surface area contributed by atoms with Crippen molar-refractivity contribution in [1.82, 2.24) is 19.6 Å². The van der Waals surface area contributed by atoms with Crippen LogP contribution in [0, 0.1) is 0 Å². The highest BCUT2D eigenvalue weighted by Crippen LogP contribution is 2.22. The van der Waals surface area contributed by atoms with Crippen molar-refractivity contribution in [3.63, 3.8) is 0 Å². The SMILES string of the molecule is CC(C)(C)n1ncc(OCCOCc2ccc(COc3cnn(C(C)(C)C)c(=O)c3Cl)cc2)c(Cl)c1=O. The van der Waals surface area contributed by atoms with Crippen molar-refractivity contribution in [3.8, 4) is 11.5 Å². The molecule has 3 aromatic rings. The zero-order valence-electron chi connectivity index (χ0n) is 21.9. The largest absolute Gasteiger partial charge is 0.488 e. The monoisotopic (exact) mass is 550 g/mol. The fraction of sp³-hybridized carbons (Fsp3) is 0.462. The van der Waals surface area contributed by atoms with Crippen LogP contribution < -0.4 is 20.6 Å². The van der Waals surface area contributed by atoms with Gasteiger partial charge in [0, 0.05) is 0 Å². The number of nitrogens with zero attached hydrogens (tertiary/aromatic N) is 4. The number of hydrogen-bond acceptors (Lipinski definition) is 7. The maximum Gasteiger partial charge on any atom is 0.289 e. The van der Waals surface area contributed by atoms with Crippen LogP contribution in [0.15, 0.2) is 46.2 Å². The first-order chi connectivity index (χ1) is 17.3. The maximum absolute atomic E-state index is 12.4. The Morgan fingerprint density at radius 1 is 0.703 bits per heavy atom. The van der Waals surface area contributed by atoms with Gasteiger partial charge >= 0.3 is 0 Å². The Kier molecular flexibility index (Phi) is 9.05. The van der Waals surface area contributed by atoms with Gasteiger partial charge in [-0.25, -0.2) is 9.36 Å². The molecule has 0 unspecified atom stereocenters. The summed E-state index contributed by atoms with van der Waals surface area (Å²) in [5, 5.41) is 8.31. The zero-order valence-corrected chi connectivity index (χ0v) is 23.4. The zero-order chi connectivity index (χ0) is 27.4. The normalized spacial score (nSPS) is 12.0. The van der Waals surface area contributed by atoms with Gasteiger partial charge in [0.1, 0.15) is 13.2 Å². The van der Waals surface area contributed by atoms with E-state index in [4.69, 9.17) is 37.4 Å². The molecule has 0 aliphatic rings. The van der Waals surface area contributed by atoms with Crippen LogP contribution in [0.3, 0.4) is 0 Å². The van der Waals surface area contributed by atoms with Crippen molar-refractivity contribution >= 4 is 23.2 Å². The third kappa shape index (κ3) is 7.34. The standard InChI is InChI=1S/C26H32Cl2N4O5/c1-25(2,3)31-23(33)21(27)19(13-29-31)36-12-11-35-15-17-7-9-18(10-8-17)16-37-20-14-30-32(26(4,5)6)24(34)22(20)28/h7-10,13-14H,11-12,15-16H2,1-6H3. The van der Waals surface area contributed by atoms with E-state index in [-0.39, 0.29) is 34.8 Å². The summed E-state index contributed by atoms with van der Waals surface area (Å²) in [5.41, 5.74) is 0.107. The molecule has 0 atom stereocenters. The second kappa shape index (κ2) is 11.7. The molecule has 0 saturated carbocycles. The topological polar surface area (TPSA) is 97.5 Å². The smallest absolute Gasteiger partial charge is 0.289 e. The molecule has 37 heavy (non-hydrogen) atoms. The molecule has 1 aromatic carbocycles. The van der Waals surface area contributed by atoms with E-state index in [1.54, 1.807) is 0 Å². The molecule has 200 valence electrons. The molecule has 11 heteroatoms. The summed E-state index contributed by atoms with van der Waals surface area (Å²) < 4.78 is 19.6. The Morgan fingerprint density at radius 2 is 1.14 bits per heavy atom. The average Bonchev–Trinajstić information content (AvgIpc) is 2.81. The second-order valence-corrected chi connectivity index (χ2v) is 11.2. The summed E-state index contributed by atoms with van der Waals surface area (Å²) in [5.74, 6) is 0.469. The minimum absolute atomic E-state index is 0.00427. The Bertz CT molecular complexity index is 1340. The van der Waals surface area contributed by atoms with Crippen molar-refractivity contribution in [2.75, 3.05) is 13.2 Å². The minimum Gasteiger partial charge on any atom is -0.488 e. The first-order valence-electron chi connectivity index (χ1n) is 11.8. The van der Waals surface area contributed by atoms with Gasteiger partial charge < -0.3 is 14.2 Å². The highest BCUT2D eigenvalue weighted by atomic mass is 35.5. The molecule has 3 rings (SSSR count). The van der Waals surface area contributed by atoms with Crippen LogP contribution in [0.1, 0.15) is 52.7 Å². The number of rotatable bonds is 9. The highest BCUT2D eigenvalue weighted by molar-refractivity contribution is 6.32. The van der Waals surface area contributed by atoms with Crippen molar-refractivity contribution in [2.24, 2.45) is 0 Å². The van der Waals surface area contributed by atoms with E-state index < -0.39 is 22.2 Å². The van der Waals surface area contributed by atoms with Gasteiger partial charge in [0.2, 0.25) is 0 Å². The van der Waals surface area contributed by atoms with E-state index in [0.29, 0.717) is 13.2 Å². The van der Waals surface area contributed by atoms with Crippen LogP contribution in [0.2, 0.25) is 10.0 Å². The van der Waals surface area contributed by atoms with Crippen LogP contribution in [0.4, 0.5) is 0 Å². The number of aromatic nitrogens is 4. The molecule has 2 aromatic heterocycles. The molecule has 0 bridgehead atoms. The highest BCUT2D eigenvalue weighted by Gasteiger charge is 2.21. The van der Waals surface area contributed by atoms with E-state index in [0.717, 1.165) is 11.1 Å². The number of ether oxygens (including phenoxy) is 3. The van der Waals surface area contributed by atoms with Crippen molar-refractivity contribution in [2.45, 2.75) is 65.8 Å². The first kappa shape index (κ1) is 28.7. The molecule has 0 fully saturated rings. The lowest BCUT2D eigenvalue weighted by Gasteiger charge is -2.21. The lowest BCUT2D eigenvalue weighted by atomic mass is 10.1. The van der Waals surface area contributed by atoms with Crippen LogP contribution in [-0.4, -0.2) is 32.8 Å². The molecular formula is C26H32Cl2N4O5. The first-order valence-corrected chi connectivity index (χ1v) is 12.5.